The number of hydrogen-bond donors (Lipinski definition) is 2. The maximum absolute atomic E-state index is 14.2. The van der Waals surface area contributed by atoms with E-state index in [-0.39, 0.29) is 24.2 Å². The maximum Gasteiger partial charge on any atom is 0.275 e. The predicted molar refractivity (Wildman–Crippen MR) is 86.9 cm³/mol. The second kappa shape index (κ2) is 5.93. The number of carbonyl (C=O) groups excluding carboxylic acids is 1. The average molecular weight is 343 g/mol. The van der Waals surface area contributed by atoms with Gasteiger partial charge in [0.05, 0.1) is 17.7 Å². The van der Waals surface area contributed by atoms with Crippen LogP contribution < -0.4 is 0 Å². The lowest BCUT2D eigenvalue weighted by Crippen LogP contribution is -2.32. The van der Waals surface area contributed by atoms with Gasteiger partial charge in [-0.15, -0.1) is 0 Å². The van der Waals surface area contributed by atoms with Crippen LogP contribution in [0.2, 0.25) is 0 Å². The van der Waals surface area contributed by atoms with Gasteiger partial charge in [0, 0.05) is 17.5 Å². The van der Waals surface area contributed by atoms with E-state index in [2.05, 4.69) is 10.2 Å². The van der Waals surface area contributed by atoms with Crippen LogP contribution in [0.3, 0.4) is 0 Å². The zero-order chi connectivity index (χ0) is 17.6. The molecule has 128 valence electrons. The van der Waals surface area contributed by atoms with Crippen molar-refractivity contribution in [1.29, 1.82) is 0 Å². The first-order valence-corrected chi connectivity index (χ1v) is 7.91. The molecule has 0 saturated carbocycles. The molecule has 1 saturated heterocycles. The van der Waals surface area contributed by atoms with Crippen LogP contribution in [0.15, 0.2) is 42.5 Å². The molecule has 1 fully saturated rings. The third kappa shape index (κ3) is 2.66. The number of fused-ring (bicyclic) bond motifs is 1. The molecule has 5 nitrogen and oxygen atoms in total. The Morgan fingerprint density at radius 1 is 1.24 bits per heavy atom. The van der Waals surface area contributed by atoms with E-state index in [1.165, 1.54) is 4.90 Å². The van der Waals surface area contributed by atoms with Crippen molar-refractivity contribution in [2.75, 3.05) is 6.54 Å². The Labute approximate surface area is 141 Å². The first-order chi connectivity index (χ1) is 12.0. The van der Waals surface area contributed by atoms with E-state index in [1.54, 1.807) is 18.2 Å². The monoisotopic (exact) mass is 343 g/mol. The second-order valence-electron chi connectivity index (χ2n) is 6.15. The third-order valence-corrected chi connectivity index (χ3v) is 4.53. The van der Waals surface area contributed by atoms with Crippen molar-refractivity contribution in [1.82, 2.24) is 15.1 Å². The van der Waals surface area contributed by atoms with Crippen molar-refractivity contribution in [3.05, 3.63) is 65.4 Å². The summed E-state index contributed by atoms with van der Waals surface area (Å²) in [4.78, 5) is 14.3. The van der Waals surface area contributed by atoms with Crippen molar-refractivity contribution < 1.29 is 18.7 Å². The summed E-state index contributed by atoms with van der Waals surface area (Å²) < 4.78 is 27.7. The Hall–Kier alpha value is -2.80. The molecule has 25 heavy (non-hydrogen) atoms. The number of likely N-dealkylation sites (tertiary alicyclic amines) is 1. The number of aromatic amines is 1. The molecule has 1 aromatic heterocycles. The van der Waals surface area contributed by atoms with Gasteiger partial charge >= 0.3 is 0 Å². The van der Waals surface area contributed by atoms with Crippen molar-refractivity contribution in [3.8, 4) is 0 Å². The van der Waals surface area contributed by atoms with Gasteiger partial charge in [0.1, 0.15) is 11.6 Å². The molecule has 0 aliphatic carbocycles. The Kier molecular flexibility index (Phi) is 3.73. The third-order valence-electron chi connectivity index (χ3n) is 4.53. The van der Waals surface area contributed by atoms with Gasteiger partial charge in [0.2, 0.25) is 0 Å². The zero-order valence-corrected chi connectivity index (χ0v) is 13.1. The summed E-state index contributed by atoms with van der Waals surface area (Å²) in [5, 5.41) is 17.5. The van der Waals surface area contributed by atoms with Crippen LogP contribution in [-0.4, -0.2) is 38.8 Å². The molecule has 0 spiro atoms. The number of hydrogen-bond acceptors (Lipinski definition) is 3. The van der Waals surface area contributed by atoms with Gasteiger partial charge in [-0.3, -0.25) is 9.89 Å². The molecule has 1 amide bonds. The maximum atomic E-state index is 14.2. The number of nitrogens with zero attached hydrogens (tertiary/aromatic N) is 2. The van der Waals surface area contributed by atoms with Crippen molar-refractivity contribution in [2.45, 2.75) is 18.6 Å². The van der Waals surface area contributed by atoms with Gasteiger partial charge in [-0.2, -0.15) is 5.10 Å². The summed E-state index contributed by atoms with van der Waals surface area (Å²) in [6, 6.07) is 9.54. The number of β-amino-alcohol motifs (C(OH)–C–C–N with tert-alkyl or cyclic N) is 1. The molecular weight excluding hydrogens is 328 g/mol. The number of carbonyl (C=O) groups is 1. The standard InChI is InChI=1S/C18H15F2N3O2/c19-10-5-6-14(20)13(7-10)16-8-11(24)9-23(16)18(25)17-12-3-1-2-4-15(12)21-22-17/h1-7,11,16,24H,8-9H2,(H,21,22)/t11-,16-/m0/s1. The number of amides is 1. The summed E-state index contributed by atoms with van der Waals surface area (Å²) in [6.45, 7) is 0.0423. The topological polar surface area (TPSA) is 69.2 Å². The molecule has 3 aromatic rings. The van der Waals surface area contributed by atoms with E-state index in [4.69, 9.17) is 0 Å². The number of benzene rings is 2. The van der Waals surface area contributed by atoms with Gasteiger partial charge in [-0.1, -0.05) is 18.2 Å². The Morgan fingerprint density at radius 3 is 2.88 bits per heavy atom. The molecule has 1 aliphatic rings. The van der Waals surface area contributed by atoms with Gasteiger partial charge in [-0.25, -0.2) is 8.78 Å². The highest BCUT2D eigenvalue weighted by Crippen LogP contribution is 2.35. The van der Waals surface area contributed by atoms with Crippen LogP contribution in [0.1, 0.15) is 28.5 Å². The van der Waals surface area contributed by atoms with Crippen LogP contribution in [-0.2, 0) is 0 Å². The second-order valence-corrected chi connectivity index (χ2v) is 6.15. The summed E-state index contributed by atoms with van der Waals surface area (Å²) in [7, 11) is 0. The normalized spacial score (nSPS) is 20.4. The van der Waals surface area contributed by atoms with Crippen LogP contribution in [0.25, 0.3) is 10.9 Å². The van der Waals surface area contributed by atoms with Crippen molar-refractivity contribution >= 4 is 16.8 Å². The Balaban J connectivity index is 1.74. The number of aromatic nitrogens is 2. The minimum Gasteiger partial charge on any atom is -0.391 e. The predicted octanol–water partition coefficient (Wildman–Crippen LogP) is 2.79. The van der Waals surface area contributed by atoms with E-state index in [0.717, 1.165) is 18.2 Å². The number of aliphatic hydroxyl groups is 1. The van der Waals surface area contributed by atoms with Crippen LogP contribution in [0.5, 0.6) is 0 Å². The van der Waals surface area contributed by atoms with Crippen LogP contribution >= 0.6 is 0 Å². The summed E-state index contributed by atoms with van der Waals surface area (Å²) in [5.41, 5.74) is 0.968. The zero-order valence-electron chi connectivity index (χ0n) is 13.1. The molecule has 7 heteroatoms. The first kappa shape index (κ1) is 15.7. The fraction of sp³-hybridized carbons (Fsp3) is 0.222. The van der Waals surface area contributed by atoms with E-state index >= 15 is 0 Å². The molecule has 0 bridgehead atoms. The number of nitrogens with one attached hydrogen (secondary N) is 1. The SMILES string of the molecule is O=C(c1n[nH]c2ccccc12)N1C[C@@H](O)C[C@H]1c1cc(F)ccc1F. The van der Waals surface area contributed by atoms with E-state index < -0.39 is 29.7 Å². The number of H-pyrrole nitrogens is 1. The highest BCUT2D eigenvalue weighted by Gasteiger charge is 2.38. The highest BCUT2D eigenvalue weighted by molar-refractivity contribution is 6.04. The molecule has 2 aromatic carbocycles. The largest absolute Gasteiger partial charge is 0.391 e. The molecule has 1 aliphatic heterocycles. The molecule has 4 rings (SSSR count). The van der Waals surface area contributed by atoms with Gasteiger partial charge in [0.25, 0.3) is 5.91 Å². The van der Waals surface area contributed by atoms with Gasteiger partial charge < -0.3 is 10.0 Å². The number of halogens is 2. The summed E-state index contributed by atoms with van der Waals surface area (Å²) in [6.07, 6.45) is -0.657. The van der Waals surface area contributed by atoms with E-state index in [1.807, 2.05) is 6.07 Å². The molecule has 2 heterocycles. The fourth-order valence-corrected chi connectivity index (χ4v) is 3.37. The minimum atomic E-state index is -0.804. The summed E-state index contributed by atoms with van der Waals surface area (Å²) >= 11 is 0. The quantitative estimate of drug-likeness (QED) is 0.752. The lowest BCUT2D eigenvalue weighted by atomic mass is 10.0. The minimum absolute atomic E-state index is 0.0423. The Bertz CT molecular complexity index is 956. The number of para-hydroxylation sites is 1. The molecule has 0 unspecified atom stereocenters. The van der Waals surface area contributed by atoms with Crippen LogP contribution in [0, 0.1) is 11.6 Å². The highest BCUT2D eigenvalue weighted by atomic mass is 19.1. The van der Waals surface area contributed by atoms with Crippen molar-refractivity contribution in [3.63, 3.8) is 0 Å². The molecule has 0 radical (unpaired) electrons. The fourth-order valence-electron chi connectivity index (χ4n) is 3.37. The van der Waals surface area contributed by atoms with Crippen LogP contribution in [0.4, 0.5) is 8.78 Å². The molecule has 2 N–H and O–H groups in total. The smallest absolute Gasteiger partial charge is 0.275 e. The Morgan fingerprint density at radius 2 is 2.04 bits per heavy atom. The van der Waals surface area contributed by atoms with Gasteiger partial charge in [0.15, 0.2) is 5.69 Å². The van der Waals surface area contributed by atoms with Gasteiger partial charge in [-0.05, 0) is 30.7 Å². The number of rotatable bonds is 2. The average Bonchev–Trinajstić information content (AvgIpc) is 3.20. The lowest BCUT2D eigenvalue weighted by molar-refractivity contribution is 0.0709. The molecular formula is C18H15F2N3O2. The van der Waals surface area contributed by atoms with E-state index in [9.17, 15) is 18.7 Å². The lowest BCUT2D eigenvalue weighted by Gasteiger charge is -2.24. The first-order valence-electron chi connectivity index (χ1n) is 7.91. The summed E-state index contributed by atoms with van der Waals surface area (Å²) in [5.74, 6) is -1.62. The van der Waals surface area contributed by atoms with Crippen molar-refractivity contribution in [2.24, 2.45) is 0 Å². The molecule has 2 atom stereocenters. The number of aliphatic hydroxyl groups excluding tert-OH is 1. The van der Waals surface area contributed by atoms with E-state index in [0.29, 0.717) is 10.9 Å².